The molecule has 4 nitrogen and oxygen atoms in total. The fraction of sp³-hybridized carbons (Fsp3) is 0.174. The number of carbonyl (C=O) groups is 1. The van der Waals surface area contributed by atoms with Crippen LogP contribution in [0, 0.1) is 11.3 Å². The molecule has 0 amide bonds. The van der Waals surface area contributed by atoms with E-state index in [-0.39, 0.29) is 11.7 Å². The van der Waals surface area contributed by atoms with Gasteiger partial charge in [-0.25, -0.2) is 4.98 Å². The highest BCUT2D eigenvalue weighted by atomic mass is 32.2. The summed E-state index contributed by atoms with van der Waals surface area (Å²) >= 11 is 2.86. The lowest BCUT2D eigenvalue weighted by Crippen LogP contribution is -2.05. The number of rotatable bonds is 5. The van der Waals surface area contributed by atoms with Crippen LogP contribution in [-0.4, -0.2) is 23.8 Å². The number of aromatic nitrogens is 1. The number of hydrogen-bond acceptors (Lipinski definition) is 6. The highest BCUT2D eigenvalue weighted by Gasteiger charge is 2.27. The van der Waals surface area contributed by atoms with E-state index in [0.29, 0.717) is 10.6 Å². The Morgan fingerprint density at radius 2 is 2.14 bits per heavy atom. The molecule has 0 spiro atoms. The highest BCUT2D eigenvalue weighted by molar-refractivity contribution is 7.99. The molecule has 0 radical (unpaired) electrons. The van der Waals surface area contributed by atoms with E-state index >= 15 is 0 Å². The molecule has 0 atom stereocenters. The predicted molar refractivity (Wildman–Crippen MR) is 118 cm³/mol. The number of fused-ring (bicyclic) bond motifs is 1. The second-order valence-corrected chi connectivity index (χ2v) is 8.31. The Morgan fingerprint density at radius 1 is 1.31 bits per heavy atom. The van der Waals surface area contributed by atoms with Gasteiger partial charge in [-0.3, -0.25) is 4.79 Å². The number of allylic oxidation sites excluding steroid dienone is 1. The molecule has 3 aromatic rings. The lowest BCUT2D eigenvalue weighted by Gasteiger charge is -2.13. The van der Waals surface area contributed by atoms with E-state index in [4.69, 9.17) is 9.72 Å². The van der Waals surface area contributed by atoms with Gasteiger partial charge in [0.15, 0.2) is 0 Å². The largest absolute Gasteiger partial charge is 0.468 e. The van der Waals surface area contributed by atoms with E-state index in [2.05, 4.69) is 29.7 Å². The van der Waals surface area contributed by atoms with Crippen LogP contribution in [0.2, 0.25) is 0 Å². The summed E-state index contributed by atoms with van der Waals surface area (Å²) in [5, 5.41) is 14.6. The van der Waals surface area contributed by atoms with E-state index in [1.165, 1.54) is 18.9 Å². The molecule has 144 valence electrons. The van der Waals surface area contributed by atoms with E-state index in [1.54, 1.807) is 11.3 Å². The summed E-state index contributed by atoms with van der Waals surface area (Å²) in [5.74, 6) is -0.212. The van der Waals surface area contributed by atoms with Gasteiger partial charge in [0.2, 0.25) is 0 Å². The van der Waals surface area contributed by atoms with Crippen molar-refractivity contribution in [3.63, 3.8) is 0 Å². The molecule has 0 unspecified atom stereocenters. The van der Waals surface area contributed by atoms with Gasteiger partial charge in [0, 0.05) is 5.56 Å². The van der Waals surface area contributed by atoms with E-state index < -0.39 is 0 Å². The molecule has 0 saturated heterocycles. The maximum atomic E-state index is 11.7. The summed E-state index contributed by atoms with van der Waals surface area (Å²) in [7, 11) is 1.36. The first-order valence-corrected chi connectivity index (χ1v) is 11.1. The van der Waals surface area contributed by atoms with Crippen LogP contribution in [0.25, 0.3) is 22.8 Å². The molecule has 0 saturated carbocycles. The van der Waals surface area contributed by atoms with Crippen molar-refractivity contribution in [2.45, 2.75) is 17.9 Å². The smallest absolute Gasteiger partial charge is 0.316 e. The maximum absolute atomic E-state index is 11.7. The van der Waals surface area contributed by atoms with Crippen molar-refractivity contribution in [2.75, 3.05) is 12.9 Å². The van der Waals surface area contributed by atoms with Gasteiger partial charge in [0.1, 0.15) is 11.1 Å². The molecule has 0 N–H and O–H groups in total. The summed E-state index contributed by atoms with van der Waals surface area (Å²) in [6.45, 7) is 0. The van der Waals surface area contributed by atoms with Crippen LogP contribution >= 0.6 is 23.1 Å². The quantitative estimate of drug-likeness (QED) is 0.408. The summed E-state index contributed by atoms with van der Waals surface area (Å²) in [4.78, 5) is 16.5. The number of carbonyl (C=O) groups excluding carboxylic acids is 1. The first kappa shape index (κ1) is 19.4. The lowest BCUT2D eigenvalue weighted by molar-refractivity contribution is -0.137. The molecule has 1 aliphatic carbocycles. The first-order valence-electron chi connectivity index (χ1n) is 9.16. The van der Waals surface area contributed by atoms with Gasteiger partial charge >= 0.3 is 5.97 Å². The molecular formula is C23H18N2O2S2. The van der Waals surface area contributed by atoms with Crippen molar-refractivity contribution in [1.82, 2.24) is 4.98 Å². The average molecular weight is 419 g/mol. The van der Waals surface area contributed by atoms with Gasteiger partial charge in [0.25, 0.3) is 0 Å². The summed E-state index contributed by atoms with van der Waals surface area (Å²) in [6.07, 6.45) is 3.89. The third kappa shape index (κ3) is 3.98. The fourth-order valence-corrected chi connectivity index (χ4v) is 4.97. The molecule has 4 rings (SSSR count). The van der Waals surface area contributed by atoms with Crippen LogP contribution in [0.3, 0.4) is 0 Å². The van der Waals surface area contributed by atoms with Crippen molar-refractivity contribution in [3.05, 3.63) is 69.5 Å². The molecule has 6 heteroatoms. The lowest BCUT2D eigenvalue weighted by atomic mass is 9.97. The topological polar surface area (TPSA) is 63.0 Å². The van der Waals surface area contributed by atoms with Crippen LogP contribution in [0.1, 0.15) is 28.8 Å². The molecule has 0 bridgehead atoms. The Bertz CT molecular complexity index is 1110. The van der Waals surface area contributed by atoms with Gasteiger partial charge in [-0.1, -0.05) is 42.1 Å². The second kappa shape index (κ2) is 8.64. The Hall–Kier alpha value is -2.88. The monoisotopic (exact) mass is 418 g/mol. The normalized spacial score (nSPS) is 13.9. The molecule has 2 aromatic heterocycles. The number of pyridine rings is 1. The van der Waals surface area contributed by atoms with Gasteiger partial charge in [-0.15, -0.1) is 0 Å². The molecule has 1 aliphatic rings. The number of thiophene rings is 1. The first-order chi connectivity index (χ1) is 14.2. The van der Waals surface area contributed by atoms with Crippen LogP contribution in [0.15, 0.2) is 52.2 Å². The number of nitriles is 1. The fourth-order valence-electron chi connectivity index (χ4n) is 3.50. The standard InChI is InChI=1S/C23H18N2O2S2/c1-27-20(26)14-29-23-19(12-24)21(17-9-10-28-13-17)18-8-7-16(22(18)25-23)11-15-5-3-2-4-6-15/h2-6,9-11,13H,7-8,14H2,1H3/b16-11+. The van der Waals surface area contributed by atoms with E-state index in [9.17, 15) is 10.1 Å². The maximum Gasteiger partial charge on any atom is 0.316 e. The number of nitrogens with zero attached hydrogens (tertiary/aromatic N) is 2. The Balaban J connectivity index is 1.87. The predicted octanol–water partition coefficient (Wildman–Crippen LogP) is 5.43. The van der Waals surface area contributed by atoms with Crippen molar-refractivity contribution in [2.24, 2.45) is 0 Å². The Kier molecular flexibility index (Phi) is 5.79. The number of benzene rings is 1. The summed E-state index contributed by atoms with van der Waals surface area (Å²) < 4.78 is 4.76. The van der Waals surface area contributed by atoms with Crippen LogP contribution in [-0.2, 0) is 16.0 Å². The van der Waals surface area contributed by atoms with Crippen molar-refractivity contribution < 1.29 is 9.53 Å². The number of esters is 1. The minimum atomic E-state index is -0.335. The molecule has 0 aliphatic heterocycles. The number of thioether (sulfide) groups is 1. The molecule has 2 heterocycles. The molecular weight excluding hydrogens is 400 g/mol. The van der Waals surface area contributed by atoms with Crippen molar-refractivity contribution in [1.29, 1.82) is 5.26 Å². The number of ether oxygens (including phenoxy) is 1. The van der Waals surface area contributed by atoms with E-state index in [1.807, 2.05) is 29.6 Å². The zero-order chi connectivity index (χ0) is 20.2. The number of hydrogen-bond donors (Lipinski definition) is 0. The summed E-state index contributed by atoms with van der Waals surface area (Å²) in [6, 6.07) is 14.5. The molecule has 29 heavy (non-hydrogen) atoms. The van der Waals surface area contributed by atoms with Crippen LogP contribution in [0.4, 0.5) is 0 Å². The zero-order valence-corrected chi connectivity index (χ0v) is 17.5. The SMILES string of the molecule is COC(=O)CSc1nc2c(c(-c3ccsc3)c1C#N)CC/C2=C\c1ccccc1. The number of methoxy groups -OCH3 is 1. The third-order valence-corrected chi connectivity index (χ3v) is 6.46. The highest BCUT2D eigenvalue weighted by Crippen LogP contribution is 2.43. The third-order valence-electron chi connectivity index (χ3n) is 4.83. The Labute approximate surface area is 177 Å². The van der Waals surface area contributed by atoms with Crippen molar-refractivity contribution in [3.8, 4) is 17.2 Å². The minimum absolute atomic E-state index is 0.123. The van der Waals surface area contributed by atoms with Crippen molar-refractivity contribution >= 4 is 40.7 Å². The van der Waals surface area contributed by atoms with Gasteiger partial charge in [-0.2, -0.15) is 16.6 Å². The second-order valence-electron chi connectivity index (χ2n) is 6.56. The van der Waals surface area contributed by atoms with E-state index in [0.717, 1.165) is 46.4 Å². The average Bonchev–Trinajstić information content (AvgIpc) is 3.42. The molecule has 1 aromatic carbocycles. The van der Waals surface area contributed by atoms with Gasteiger partial charge in [0.05, 0.1) is 24.1 Å². The summed E-state index contributed by atoms with van der Waals surface area (Å²) in [5.41, 5.74) is 6.85. The minimum Gasteiger partial charge on any atom is -0.468 e. The van der Waals surface area contributed by atoms with Crippen LogP contribution in [0.5, 0.6) is 0 Å². The molecule has 0 fully saturated rings. The Morgan fingerprint density at radius 3 is 2.83 bits per heavy atom. The van der Waals surface area contributed by atoms with Gasteiger partial charge in [-0.05, 0) is 58.0 Å². The zero-order valence-electron chi connectivity index (χ0n) is 15.8. The van der Waals surface area contributed by atoms with Gasteiger partial charge < -0.3 is 4.74 Å². The van der Waals surface area contributed by atoms with Crippen LogP contribution < -0.4 is 0 Å².